The summed E-state index contributed by atoms with van der Waals surface area (Å²) < 4.78 is 45.2. The number of likely N-dealkylation sites (tertiary alicyclic amines) is 1. The minimum Gasteiger partial charge on any atom is -0.377 e. The quantitative estimate of drug-likeness (QED) is 0.0271. The van der Waals surface area contributed by atoms with Gasteiger partial charge in [0.2, 0.25) is 52.6 Å². The highest BCUT2D eigenvalue weighted by Crippen LogP contribution is 2.33. The minimum atomic E-state index is -0.866. The first-order valence-corrected chi connectivity index (χ1v) is 38.5. The number of carbonyl (C=O) groups is 9. The topological polar surface area (TPSA) is 405 Å². The summed E-state index contributed by atoms with van der Waals surface area (Å²) in [6.45, 7) is 12.2. The van der Waals surface area contributed by atoms with Gasteiger partial charge in [0, 0.05) is 70.5 Å². The zero-order valence-electron chi connectivity index (χ0n) is 65.0. The maximum absolute atomic E-state index is 14.7. The number of benzene rings is 3. The molecule has 10 rings (SSSR count). The van der Waals surface area contributed by atoms with Crippen LogP contribution in [0.5, 0.6) is 0 Å². The van der Waals surface area contributed by atoms with E-state index in [2.05, 4.69) is 52.8 Å². The van der Waals surface area contributed by atoms with Gasteiger partial charge in [0.1, 0.15) is 36.7 Å². The second kappa shape index (κ2) is 40.3. The molecule has 4 aromatic heterocycles. The van der Waals surface area contributed by atoms with Crippen LogP contribution in [-0.2, 0) is 99.1 Å². The zero-order chi connectivity index (χ0) is 79.3. The van der Waals surface area contributed by atoms with Crippen LogP contribution in [-0.4, -0.2) is 219 Å². The van der Waals surface area contributed by atoms with Gasteiger partial charge in [-0.25, -0.2) is 0 Å². The number of rotatable bonds is 40. The van der Waals surface area contributed by atoms with E-state index in [1.165, 1.54) is 5.56 Å². The highest BCUT2D eigenvalue weighted by molar-refractivity contribution is 5.98. The summed E-state index contributed by atoms with van der Waals surface area (Å²) in [5.74, 6) is -4.13. The van der Waals surface area contributed by atoms with Gasteiger partial charge in [0.05, 0.1) is 111 Å². The second-order valence-corrected chi connectivity index (χ2v) is 28.4. The fourth-order valence-corrected chi connectivity index (χ4v) is 14.8. The molecule has 0 bridgehead atoms. The lowest BCUT2D eigenvalue weighted by Gasteiger charge is -2.35. The van der Waals surface area contributed by atoms with Gasteiger partial charge in [-0.15, -0.1) is 0 Å². The van der Waals surface area contributed by atoms with Crippen LogP contribution in [0.4, 0.5) is 0 Å². The number of primary amides is 2. The van der Waals surface area contributed by atoms with Crippen LogP contribution in [0.1, 0.15) is 155 Å². The van der Waals surface area contributed by atoms with E-state index >= 15 is 0 Å². The van der Waals surface area contributed by atoms with Crippen molar-refractivity contribution in [1.29, 1.82) is 0 Å². The number of nitrogens with zero attached hydrogens (tertiary/aromatic N) is 11. The maximum Gasteiger partial charge on any atom is 0.298 e. The Hall–Kier alpha value is -10.0. The molecule has 2 aliphatic carbocycles. The average molecular weight is 1540 g/mol. The first-order chi connectivity index (χ1) is 53.5. The third kappa shape index (κ3) is 21.8. The minimum absolute atomic E-state index is 0.0824. The van der Waals surface area contributed by atoms with Crippen molar-refractivity contribution in [3.63, 3.8) is 0 Å². The van der Waals surface area contributed by atoms with E-state index < -0.39 is 65.7 Å². The molecule has 1 aliphatic heterocycles. The van der Waals surface area contributed by atoms with E-state index in [1.54, 1.807) is 114 Å². The van der Waals surface area contributed by atoms with E-state index in [0.717, 1.165) is 56.9 Å². The molecule has 33 heteroatoms. The fourth-order valence-electron chi connectivity index (χ4n) is 14.8. The summed E-state index contributed by atoms with van der Waals surface area (Å²) >= 11 is 0. The Balaban J connectivity index is 0.668. The third-order valence-corrected chi connectivity index (χ3v) is 20.7. The Morgan fingerprint density at radius 3 is 1.68 bits per heavy atom. The number of fused-ring (bicyclic) bond motifs is 3. The van der Waals surface area contributed by atoms with Gasteiger partial charge < -0.3 is 89.6 Å². The number of imidazole rings is 2. The number of amides is 9. The van der Waals surface area contributed by atoms with Gasteiger partial charge in [-0.2, -0.15) is 20.2 Å². The monoisotopic (exact) mass is 1540 g/mol. The Bertz CT molecular complexity index is 4420. The summed E-state index contributed by atoms with van der Waals surface area (Å²) in [7, 11) is 5.16. The smallest absolute Gasteiger partial charge is 0.298 e. The average Bonchev–Trinajstić information content (AvgIpc) is 1.62. The van der Waals surface area contributed by atoms with Crippen LogP contribution in [0.2, 0.25) is 0 Å². The molecule has 3 aromatic carbocycles. The normalized spacial score (nSPS) is 17.1. The first kappa shape index (κ1) is 83.4. The molecular weight excluding hydrogens is 1430 g/mol. The lowest BCUT2D eigenvalue weighted by atomic mass is 9.83. The zero-order valence-corrected chi connectivity index (χ0v) is 65.0. The van der Waals surface area contributed by atoms with Crippen molar-refractivity contribution in [2.75, 3.05) is 92.8 Å². The molecule has 7 aromatic rings. The maximum atomic E-state index is 14.7. The summed E-state index contributed by atoms with van der Waals surface area (Å²) in [6.07, 6.45) is 7.18. The molecule has 9 N–H and O–H groups in total. The van der Waals surface area contributed by atoms with Crippen molar-refractivity contribution < 1.29 is 71.6 Å². The number of aromatic nitrogens is 8. The number of nitrogens with two attached hydrogens (primary N) is 2. The summed E-state index contributed by atoms with van der Waals surface area (Å²) in [6, 6.07) is 18.4. The van der Waals surface area contributed by atoms with Gasteiger partial charge in [-0.3, -0.25) is 52.5 Å². The van der Waals surface area contributed by atoms with Crippen LogP contribution in [0, 0.1) is 19.8 Å². The molecule has 33 nitrogen and oxygen atoms in total. The first-order valence-electron chi connectivity index (χ1n) is 38.5. The number of nitrogens with one attached hydrogen (secondary N) is 5. The van der Waals surface area contributed by atoms with E-state index in [-0.39, 0.29) is 157 Å². The van der Waals surface area contributed by atoms with Gasteiger partial charge in [0.25, 0.3) is 11.8 Å². The lowest BCUT2D eigenvalue weighted by Crippen LogP contribution is -2.58. The van der Waals surface area contributed by atoms with Crippen molar-refractivity contribution in [3.8, 4) is 0 Å². The standard InChI is InChI=1S/C78H108N18O15/c1-9-95-65(41-49(3)88-95)74(103)86-77-90(7)62-43-54(70(79)99)23-25-60(62)92(77)30-27-57(28-31-93-61-26-24-55(71(80)100)44-63(61)91(8)78(93)87-75(104)66-42-50(4)89-96(66)10-2)111-48-67(97)82-29-32-106-33-34-107-35-36-108-37-38-109-39-40-110-47-68(98)83-56-45-64(73(102)84-59-22-16-20-52-17-14-15-21-58(52)59)94(46-56)76(105)69(53-18-12-11-13-19-53)85-72(101)51(5)81-6/h14-15,17,21,23-26,41-44,51,53,56-57,59,64,69,81H,9-13,16,18-20,22,27-40,45-48H2,1-8H3,(H2,79,99)(H2,80,100)(H,82,97)(H,83,98)(H,84,102)(H,85,101)/t51-,56-,57?,59?,64-,69-/m0/s1. The Morgan fingerprint density at radius 1 is 0.613 bits per heavy atom. The number of ether oxygens (including phenoxy) is 6. The SMILES string of the molecule is CCn1nc(C)cc1C(=O)N=c1n(C)c2cc(C(N)=O)ccc2n1CCC(CCn1c(=NC(=O)c2cc(C)nn2CC)n(C)c2cc(C(N)=O)ccc21)OCC(=O)NCCOCCOCCOCCOCCOCC(=O)N[C@H]1C[C@@H](C(=O)NC2CCCc3ccccc32)N(C(=O)[C@@H](NC(=O)[C@H](C)NC)C2CCCCC2)C1. The predicted octanol–water partition coefficient (Wildman–Crippen LogP) is 3.02. The molecule has 0 spiro atoms. The molecule has 1 saturated heterocycles. The van der Waals surface area contributed by atoms with Crippen LogP contribution in [0.25, 0.3) is 22.1 Å². The van der Waals surface area contributed by atoms with Crippen molar-refractivity contribution in [1.82, 2.24) is 69.3 Å². The number of likely N-dealkylation sites (N-methyl/N-ethyl adjacent to an activating group) is 1. The molecule has 9 amide bonds. The summed E-state index contributed by atoms with van der Waals surface area (Å²) in [5.41, 5.74) is 19.1. The van der Waals surface area contributed by atoms with E-state index in [0.29, 0.717) is 71.1 Å². The second-order valence-electron chi connectivity index (χ2n) is 28.4. The molecule has 600 valence electrons. The van der Waals surface area contributed by atoms with Crippen molar-refractivity contribution >= 4 is 75.2 Å². The Kier molecular flexibility index (Phi) is 30.3. The van der Waals surface area contributed by atoms with Gasteiger partial charge in [-0.05, 0) is 159 Å². The molecule has 5 heterocycles. The Morgan fingerprint density at radius 2 is 1.14 bits per heavy atom. The lowest BCUT2D eigenvalue weighted by molar-refractivity contribution is -0.143. The highest BCUT2D eigenvalue weighted by atomic mass is 16.6. The van der Waals surface area contributed by atoms with Crippen LogP contribution >= 0.6 is 0 Å². The molecule has 2 fully saturated rings. The largest absolute Gasteiger partial charge is 0.377 e. The molecule has 1 unspecified atom stereocenters. The predicted molar refractivity (Wildman–Crippen MR) is 409 cm³/mol. The number of hydrogen-bond acceptors (Lipinski definition) is 18. The molecular formula is C78H108N18O15. The third-order valence-electron chi connectivity index (χ3n) is 20.7. The number of carbonyl (C=O) groups excluding carboxylic acids is 9. The summed E-state index contributed by atoms with van der Waals surface area (Å²) in [5, 5.41) is 24.0. The number of hydrogen-bond donors (Lipinski definition) is 7. The van der Waals surface area contributed by atoms with Crippen molar-refractivity contribution in [3.05, 3.63) is 129 Å². The Labute approximate surface area is 644 Å². The van der Waals surface area contributed by atoms with E-state index in [9.17, 15) is 43.2 Å². The van der Waals surface area contributed by atoms with Gasteiger partial charge >= 0.3 is 0 Å². The van der Waals surface area contributed by atoms with E-state index in [4.69, 9.17) is 39.9 Å². The highest BCUT2D eigenvalue weighted by Gasteiger charge is 2.45. The molecule has 111 heavy (non-hydrogen) atoms. The molecule has 3 aliphatic rings. The van der Waals surface area contributed by atoms with Crippen molar-refractivity contribution in [2.45, 2.75) is 168 Å². The van der Waals surface area contributed by atoms with Gasteiger partial charge in [0.15, 0.2) is 0 Å². The summed E-state index contributed by atoms with van der Waals surface area (Å²) in [4.78, 5) is 133. The van der Waals surface area contributed by atoms with E-state index in [1.807, 2.05) is 41.2 Å². The molecule has 0 radical (unpaired) electrons. The van der Waals surface area contributed by atoms with Crippen LogP contribution in [0.15, 0.2) is 82.8 Å². The van der Waals surface area contributed by atoms with Crippen LogP contribution in [0.3, 0.4) is 0 Å². The van der Waals surface area contributed by atoms with Gasteiger partial charge in [-0.1, -0.05) is 43.5 Å². The van der Waals surface area contributed by atoms with Crippen molar-refractivity contribution in [2.24, 2.45) is 41.5 Å². The molecule has 1 saturated carbocycles. The van der Waals surface area contributed by atoms with Crippen LogP contribution < -0.4 is 49.3 Å². The fraction of sp³-hybridized carbons (Fsp3) is 0.551. The molecule has 5 atom stereocenters. The number of aryl methyl sites for hydroxylation is 9.